The van der Waals surface area contributed by atoms with Crippen LogP contribution in [0.4, 0.5) is 5.82 Å². The van der Waals surface area contributed by atoms with Gasteiger partial charge in [-0.05, 0) is 6.07 Å². The lowest BCUT2D eigenvalue weighted by molar-refractivity contribution is 0.318. The molecule has 0 aromatic carbocycles. The van der Waals surface area contributed by atoms with Gasteiger partial charge in [-0.15, -0.1) is 5.10 Å². The summed E-state index contributed by atoms with van der Waals surface area (Å²) in [6.07, 6.45) is 1.42. The lowest BCUT2D eigenvalue weighted by Gasteiger charge is -2.35. The maximum absolute atomic E-state index is 12.3. The highest BCUT2D eigenvalue weighted by atomic mass is 32.2. The van der Waals surface area contributed by atoms with Crippen LogP contribution < -0.4 is 10.6 Å². The van der Waals surface area contributed by atoms with Gasteiger partial charge >= 0.3 is 0 Å². The Kier molecular flexibility index (Phi) is 4.88. The number of anilines is 1. The Hall–Kier alpha value is -1.55. The topological polar surface area (TPSA) is 122 Å². The first kappa shape index (κ1) is 15.8. The molecule has 0 spiro atoms. The first-order valence-corrected chi connectivity index (χ1v) is 9.23. The maximum atomic E-state index is 12.3. The van der Waals surface area contributed by atoms with Crippen LogP contribution in [0, 0.1) is 0 Å². The van der Waals surface area contributed by atoms with Crippen LogP contribution in [-0.2, 0) is 9.84 Å². The lowest BCUT2D eigenvalue weighted by Crippen LogP contribution is -2.49. The van der Waals surface area contributed by atoms with E-state index in [0.29, 0.717) is 23.7 Å². The van der Waals surface area contributed by atoms with E-state index in [0.717, 1.165) is 5.75 Å². The molecular formula is C11H17N5O3S2. The largest absolute Gasteiger partial charge is 0.409 e. The molecule has 8 nitrogen and oxygen atoms in total. The summed E-state index contributed by atoms with van der Waals surface area (Å²) in [5.41, 5.74) is 6.01. The van der Waals surface area contributed by atoms with Gasteiger partial charge in [0.2, 0.25) is 0 Å². The van der Waals surface area contributed by atoms with Crippen molar-refractivity contribution >= 4 is 33.3 Å². The van der Waals surface area contributed by atoms with E-state index in [-0.39, 0.29) is 11.6 Å². The van der Waals surface area contributed by atoms with E-state index in [1.165, 1.54) is 6.20 Å². The number of oxime groups is 1. The quantitative estimate of drug-likeness (QED) is 0.339. The van der Waals surface area contributed by atoms with E-state index in [1.54, 1.807) is 29.7 Å². The summed E-state index contributed by atoms with van der Waals surface area (Å²) in [7, 11) is -3.27. The molecule has 1 aliphatic heterocycles. The zero-order valence-corrected chi connectivity index (χ0v) is 13.1. The van der Waals surface area contributed by atoms with Gasteiger partial charge in [0, 0.05) is 23.8 Å². The molecule has 1 aromatic rings. The molecule has 0 amide bonds. The van der Waals surface area contributed by atoms with Crippen molar-refractivity contribution in [3.05, 3.63) is 17.8 Å². The highest BCUT2D eigenvalue weighted by molar-refractivity contribution is 8.01. The molecular weight excluding hydrogens is 314 g/mol. The molecule has 0 aliphatic carbocycles. The third-order valence-corrected chi connectivity index (χ3v) is 6.55. The van der Waals surface area contributed by atoms with E-state index in [9.17, 15) is 8.42 Å². The molecule has 0 bridgehead atoms. The summed E-state index contributed by atoms with van der Waals surface area (Å²) in [5, 5.41) is 18.9. The minimum atomic E-state index is -3.27. The van der Waals surface area contributed by atoms with E-state index in [2.05, 4.69) is 15.4 Å². The minimum Gasteiger partial charge on any atom is -0.409 e. The summed E-state index contributed by atoms with van der Waals surface area (Å²) >= 11 is 1.58. The van der Waals surface area contributed by atoms with Crippen LogP contribution in [0.1, 0.15) is 12.5 Å². The van der Waals surface area contributed by atoms with Crippen LogP contribution in [0.25, 0.3) is 0 Å². The molecule has 1 saturated heterocycles. The predicted molar refractivity (Wildman–Crippen MR) is 82.5 cm³/mol. The number of thioether (sulfide) groups is 1. The van der Waals surface area contributed by atoms with Crippen LogP contribution in [0.5, 0.6) is 0 Å². The van der Waals surface area contributed by atoms with Crippen molar-refractivity contribution in [3.63, 3.8) is 0 Å². The molecule has 0 radical (unpaired) electrons. The smallest absolute Gasteiger partial charge is 0.173 e. The van der Waals surface area contributed by atoms with Gasteiger partial charge < -0.3 is 15.8 Å². The van der Waals surface area contributed by atoms with Crippen molar-refractivity contribution < 1.29 is 13.6 Å². The summed E-state index contributed by atoms with van der Waals surface area (Å²) < 4.78 is 24.5. The second-order valence-corrected chi connectivity index (χ2v) is 8.03. The molecule has 1 aliphatic rings. The molecule has 1 fully saturated rings. The fraction of sp³-hybridized carbons (Fsp3) is 0.545. The van der Waals surface area contributed by atoms with Crippen LogP contribution in [0.3, 0.4) is 0 Å². The Bertz CT molecular complexity index is 635. The van der Waals surface area contributed by atoms with Gasteiger partial charge in [0.05, 0.1) is 11.8 Å². The molecule has 10 heteroatoms. The zero-order chi connectivity index (χ0) is 15.5. The molecule has 1 aromatic heterocycles. The first-order chi connectivity index (χ1) is 10.0. The van der Waals surface area contributed by atoms with E-state index < -0.39 is 15.2 Å². The summed E-state index contributed by atoms with van der Waals surface area (Å²) in [5.74, 6) is 1.50. The van der Waals surface area contributed by atoms with Crippen molar-refractivity contribution in [2.24, 2.45) is 10.9 Å². The zero-order valence-electron chi connectivity index (χ0n) is 11.5. The molecule has 2 heterocycles. The van der Waals surface area contributed by atoms with E-state index in [4.69, 9.17) is 10.9 Å². The molecule has 0 saturated carbocycles. The normalized spacial score (nSPS) is 20.5. The second-order valence-electron chi connectivity index (χ2n) is 4.43. The first-order valence-electron chi connectivity index (χ1n) is 6.36. The Morgan fingerprint density at radius 2 is 2.43 bits per heavy atom. The SMILES string of the molecule is CCS(=O)(=O)C1CSCCN1c1nnccc1/C(N)=N/O. The number of amidine groups is 1. The average Bonchev–Trinajstić information content (AvgIpc) is 2.54. The average molecular weight is 331 g/mol. The van der Waals surface area contributed by atoms with Gasteiger partial charge in [0.25, 0.3) is 0 Å². The van der Waals surface area contributed by atoms with Crippen molar-refractivity contribution in [3.8, 4) is 0 Å². The van der Waals surface area contributed by atoms with Gasteiger partial charge in [-0.1, -0.05) is 12.1 Å². The third kappa shape index (κ3) is 3.21. The van der Waals surface area contributed by atoms with Gasteiger partial charge in [0.1, 0.15) is 5.37 Å². The third-order valence-electron chi connectivity index (χ3n) is 3.26. The van der Waals surface area contributed by atoms with Crippen LogP contribution in [0.2, 0.25) is 0 Å². The Labute approximate surface area is 127 Å². The minimum absolute atomic E-state index is 0.0495. The van der Waals surface area contributed by atoms with Crippen LogP contribution in [0.15, 0.2) is 17.4 Å². The summed E-state index contributed by atoms with van der Waals surface area (Å²) in [4.78, 5) is 1.68. The lowest BCUT2D eigenvalue weighted by atomic mass is 10.2. The number of sulfone groups is 1. The standard InChI is InChI=1S/C11H17N5O3S2/c1-2-21(18,19)9-7-20-6-5-16(9)11-8(10(12)15-17)3-4-13-14-11/h3-4,9,17H,2,5-7H2,1H3,(H2,12,15). The van der Waals surface area contributed by atoms with Crippen LogP contribution in [-0.4, -0.2) is 58.8 Å². The fourth-order valence-corrected chi connectivity index (χ4v) is 5.07. The van der Waals surface area contributed by atoms with E-state index in [1.807, 2.05) is 0 Å². The molecule has 1 unspecified atom stereocenters. The Morgan fingerprint density at radius 3 is 3.10 bits per heavy atom. The number of rotatable bonds is 4. The van der Waals surface area contributed by atoms with Crippen molar-refractivity contribution in [2.45, 2.75) is 12.3 Å². The van der Waals surface area contributed by atoms with Crippen molar-refractivity contribution in [1.82, 2.24) is 10.2 Å². The summed E-state index contributed by atoms with van der Waals surface area (Å²) in [6.45, 7) is 2.13. The monoisotopic (exact) mass is 331 g/mol. The van der Waals surface area contributed by atoms with Gasteiger partial charge in [-0.3, -0.25) is 0 Å². The molecule has 2 rings (SSSR count). The van der Waals surface area contributed by atoms with E-state index >= 15 is 0 Å². The number of nitrogens with two attached hydrogens (primary N) is 1. The highest BCUT2D eigenvalue weighted by Gasteiger charge is 2.35. The molecule has 116 valence electrons. The van der Waals surface area contributed by atoms with Crippen LogP contribution >= 0.6 is 11.8 Å². The number of hydrogen-bond acceptors (Lipinski definition) is 8. The number of hydrogen-bond donors (Lipinski definition) is 2. The number of nitrogens with zero attached hydrogens (tertiary/aromatic N) is 4. The second kappa shape index (κ2) is 6.48. The van der Waals surface area contributed by atoms with Gasteiger partial charge in [-0.25, -0.2) is 8.42 Å². The number of aromatic nitrogens is 2. The van der Waals surface area contributed by atoms with Crippen molar-refractivity contribution in [1.29, 1.82) is 0 Å². The molecule has 3 N–H and O–H groups in total. The Balaban J connectivity index is 2.48. The van der Waals surface area contributed by atoms with Crippen molar-refractivity contribution in [2.75, 3.05) is 28.7 Å². The molecule has 21 heavy (non-hydrogen) atoms. The van der Waals surface area contributed by atoms with Gasteiger partial charge in [0.15, 0.2) is 21.5 Å². The fourth-order valence-electron chi connectivity index (χ4n) is 2.10. The molecule has 1 atom stereocenters. The highest BCUT2D eigenvalue weighted by Crippen LogP contribution is 2.27. The Morgan fingerprint density at radius 1 is 1.67 bits per heavy atom. The summed E-state index contributed by atoms with van der Waals surface area (Å²) in [6, 6.07) is 1.55. The van der Waals surface area contributed by atoms with Gasteiger partial charge in [-0.2, -0.15) is 16.9 Å². The maximum Gasteiger partial charge on any atom is 0.173 e. The predicted octanol–water partition coefficient (Wildman–Crippen LogP) is -0.115.